The molecule has 0 saturated carbocycles. The molecule has 0 N–H and O–H groups in total. The SMILES string of the molecule is CC1CC(=O)C(C(=O)OCc2ccccc2)CN1C. The molecule has 1 saturated heterocycles. The summed E-state index contributed by atoms with van der Waals surface area (Å²) < 4.78 is 5.24. The van der Waals surface area contributed by atoms with Crippen LogP contribution < -0.4 is 0 Å². The molecule has 0 aromatic heterocycles. The molecule has 0 bridgehead atoms. The van der Waals surface area contributed by atoms with Crippen molar-refractivity contribution in [2.75, 3.05) is 13.6 Å². The number of nitrogens with zero attached hydrogens (tertiary/aromatic N) is 1. The molecule has 19 heavy (non-hydrogen) atoms. The molecular weight excluding hydrogens is 242 g/mol. The van der Waals surface area contributed by atoms with Crippen LogP contribution in [0.3, 0.4) is 0 Å². The first kappa shape index (κ1) is 13.7. The highest BCUT2D eigenvalue weighted by Crippen LogP contribution is 2.18. The van der Waals surface area contributed by atoms with Gasteiger partial charge in [-0.2, -0.15) is 0 Å². The molecule has 0 aliphatic carbocycles. The second-order valence-corrected chi connectivity index (χ2v) is 5.10. The van der Waals surface area contributed by atoms with Crippen LogP contribution in [-0.4, -0.2) is 36.3 Å². The molecule has 2 rings (SSSR count). The Balaban J connectivity index is 1.91. The van der Waals surface area contributed by atoms with E-state index in [0.717, 1.165) is 5.56 Å². The lowest BCUT2D eigenvalue weighted by Gasteiger charge is -2.32. The number of esters is 1. The van der Waals surface area contributed by atoms with Gasteiger partial charge in [0.1, 0.15) is 18.3 Å². The van der Waals surface area contributed by atoms with E-state index in [1.807, 2.05) is 49.2 Å². The van der Waals surface area contributed by atoms with Crippen molar-refractivity contribution in [3.8, 4) is 0 Å². The fourth-order valence-corrected chi connectivity index (χ4v) is 2.19. The summed E-state index contributed by atoms with van der Waals surface area (Å²) in [5.74, 6) is -1.05. The first-order valence-corrected chi connectivity index (χ1v) is 6.51. The summed E-state index contributed by atoms with van der Waals surface area (Å²) in [5, 5.41) is 0. The van der Waals surface area contributed by atoms with Crippen LogP contribution in [0.25, 0.3) is 0 Å². The molecule has 1 heterocycles. The average molecular weight is 261 g/mol. The molecule has 1 aliphatic rings. The molecule has 2 unspecified atom stereocenters. The second kappa shape index (κ2) is 5.97. The number of ketones is 1. The fourth-order valence-electron chi connectivity index (χ4n) is 2.19. The standard InChI is InChI=1S/C15H19NO3/c1-11-8-14(17)13(9-16(11)2)15(18)19-10-12-6-4-3-5-7-12/h3-7,11,13H,8-10H2,1-2H3. The first-order valence-electron chi connectivity index (χ1n) is 6.51. The van der Waals surface area contributed by atoms with Crippen LogP contribution in [0.2, 0.25) is 0 Å². The summed E-state index contributed by atoms with van der Waals surface area (Å²) >= 11 is 0. The number of benzene rings is 1. The highest BCUT2D eigenvalue weighted by Gasteiger charge is 2.35. The van der Waals surface area contributed by atoms with Crippen molar-refractivity contribution in [2.45, 2.75) is 26.0 Å². The maximum atomic E-state index is 12.0. The minimum Gasteiger partial charge on any atom is -0.460 e. The number of ether oxygens (including phenoxy) is 1. The molecule has 0 spiro atoms. The zero-order valence-corrected chi connectivity index (χ0v) is 11.3. The second-order valence-electron chi connectivity index (χ2n) is 5.10. The van der Waals surface area contributed by atoms with Gasteiger partial charge in [0, 0.05) is 19.0 Å². The first-order chi connectivity index (χ1) is 9.08. The number of Topliss-reactive ketones (excluding diaryl/α,β-unsaturated/α-hetero) is 1. The lowest BCUT2D eigenvalue weighted by atomic mass is 9.92. The van der Waals surface area contributed by atoms with E-state index in [2.05, 4.69) is 0 Å². The zero-order valence-electron chi connectivity index (χ0n) is 11.3. The van der Waals surface area contributed by atoms with Crippen molar-refractivity contribution in [3.63, 3.8) is 0 Å². The van der Waals surface area contributed by atoms with E-state index in [0.29, 0.717) is 13.0 Å². The van der Waals surface area contributed by atoms with Gasteiger partial charge in [0.15, 0.2) is 0 Å². The van der Waals surface area contributed by atoms with Gasteiger partial charge in [0.2, 0.25) is 0 Å². The lowest BCUT2D eigenvalue weighted by molar-refractivity contribution is -0.156. The predicted molar refractivity (Wildman–Crippen MR) is 71.4 cm³/mol. The van der Waals surface area contributed by atoms with Crippen LogP contribution >= 0.6 is 0 Å². The molecule has 102 valence electrons. The number of carbonyl (C=O) groups excluding carboxylic acids is 2. The van der Waals surface area contributed by atoms with E-state index in [9.17, 15) is 9.59 Å². The minimum atomic E-state index is -0.634. The van der Waals surface area contributed by atoms with Crippen LogP contribution in [0.4, 0.5) is 0 Å². The number of rotatable bonds is 3. The number of likely N-dealkylation sites (tertiary alicyclic amines) is 1. The van der Waals surface area contributed by atoms with Gasteiger partial charge in [-0.25, -0.2) is 0 Å². The summed E-state index contributed by atoms with van der Waals surface area (Å²) in [5.41, 5.74) is 0.931. The van der Waals surface area contributed by atoms with E-state index in [1.165, 1.54) is 0 Å². The average Bonchev–Trinajstić information content (AvgIpc) is 2.41. The monoisotopic (exact) mass is 261 g/mol. The van der Waals surface area contributed by atoms with Gasteiger partial charge in [0.05, 0.1) is 0 Å². The topological polar surface area (TPSA) is 46.6 Å². The normalized spacial score (nSPS) is 24.2. The predicted octanol–water partition coefficient (Wildman–Crippen LogP) is 1.64. The van der Waals surface area contributed by atoms with Gasteiger partial charge in [0.25, 0.3) is 0 Å². The van der Waals surface area contributed by atoms with E-state index in [-0.39, 0.29) is 18.4 Å². The molecule has 0 radical (unpaired) electrons. The minimum absolute atomic E-state index is 0.0105. The molecule has 4 heteroatoms. The van der Waals surface area contributed by atoms with Crippen molar-refractivity contribution in [1.29, 1.82) is 0 Å². The molecule has 1 fully saturated rings. The summed E-state index contributed by atoms with van der Waals surface area (Å²) in [6, 6.07) is 9.68. The van der Waals surface area contributed by atoms with Crippen molar-refractivity contribution >= 4 is 11.8 Å². The Morgan fingerprint density at radius 1 is 1.37 bits per heavy atom. The van der Waals surface area contributed by atoms with Crippen LogP contribution in [0.5, 0.6) is 0 Å². The van der Waals surface area contributed by atoms with Crippen molar-refractivity contribution in [2.24, 2.45) is 5.92 Å². The van der Waals surface area contributed by atoms with Gasteiger partial charge in [-0.1, -0.05) is 30.3 Å². The van der Waals surface area contributed by atoms with Crippen molar-refractivity contribution < 1.29 is 14.3 Å². The zero-order chi connectivity index (χ0) is 13.8. The molecule has 4 nitrogen and oxygen atoms in total. The summed E-state index contributed by atoms with van der Waals surface area (Å²) in [7, 11) is 1.93. The number of carbonyl (C=O) groups is 2. The quantitative estimate of drug-likeness (QED) is 0.613. The van der Waals surface area contributed by atoms with Gasteiger partial charge < -0.3 is 9.64 Å². The Morgan fingerprint density at radius 3 is 2.74 bits per heavy atom. The van der Waals surface area contributed by atoms with E-state index >= 15 is 0 Å². The van der Waals surface area contributed by atoms with Crippen LogP contribution in [-0.2, 0) is 20.9 Å². The highest BCUT2D eigenvalue weighted by atomic mass is 16.5. The van der Waals surface area contributed by atoms with Crippen LogP contribution in [0.15, 0.2) is 30.3 Å². The van der Waals surface area contributed by atoms with Crippen molar-refractivity contribution in [3.05, 3.63) is 35.9 Å². The largest absolute Gasteiger partial charge is 0.460 e. The molecular formula is C15H19NO3. The maximum Gasteiger partial charge on any atom is 0.318 e. The maximum absolute atomic E-state index is 12.0. The molecule has 1 aromatic carbocycles. The van der Waals surface area contributed by atoms with Gasteiger partial charge in [-0.3, -0.25) is 9.59 Å². The Kier molecular flexibility index (Phi) is 4.32. The number of hydrogen-bond acceptors (Lipinski definition) is 4. The van der Waals surface area contributed by atoms with Crippen LogP contribution in [0.1, 0.15) is 18.9 Å². The Morgan fingerprint density at radius 2 is 2.05 bits per heavy atom. The third-order valence-corrected chi connectivity index (χ3v) is 3.62. The van der Waals surface area contributed by atoms with Gasteiger partial charge in [-0.05, 0) is 19.5 Å². The Labute approximate surface area is 113 Å². The molecule has 1 aromatic rings. The Bertz CT molecular complexity index is 458. The van der Waals surface area contributed by atoms with E-state index < -0.39 is 11.9 Å². The number of piperidine rings is 1. The van der Waals surface area contributed by atoms with E-state index in [1.54, 1.807) is 0 Å². The van der Waals surface area contributed by atoms with E-state index in [4.69, 9.17) is 4.74 Å². The van der Waals surface area contributed by atoms with Crippen molar-refractivity contribution in [1.82, 2.24) is 4.90 Å². The summed E-state index contributed by atoms with van der Waals surface area (Å²) in [4.78, 5) is 25.9. The van der Waals surface area contributed by atoms with Crippen LogP contribution in [0, 0.1) is 5.92 Å². The smallest absolute Gasteiger partial charge is 0.318 e. The summed E-state index contributed by atoms with van der Waals surface area (Å²) in [6.45, 7) is 2.67. The van der Waals surface area contributed by atoms with Gasteiger partial charge >= 0.3 is 5.97 Å². The molecule has 2 atom stereocenters. The molecule has 1 aliphatic heterocycles. The van der Waals surface area contributed by atoms with Gasteiger partial charge in [-0.15, -0.1) is 0 Å². The third-order valence-electron chi connectivity index (χ3n) is 3.62. The summed E-state index contributed by atoms with van der Waals surface area (Å²) in [6.07, 6.45) is 0.418. The molecule has 0 amide bonds. The Hall–Kier alpha value is -1.68. The third kappa shape index (κ3) is 3.41. The number of hydrogen-bond donors (Lipinski definition) is 0. The lowest BCUT2D eigenvalue weighted by Crippen LogP contribution is -2.47. The highest BCUT2D eigenvalue weighted by molar-refractivity contribution is 6.00. The fraction of sp³-hybridized carbons (Fsp3) is 0.467.